The molecule has 0 aliphatic rings. The molecule has 2 N–H and O–H groups in total. The molecule has 0 spiro atoms. The molecule has 1 amide bonds. The standard InChI is InChI=1S/C14H13N3O5/c18-9-11-2-1-6-16(11)7-5-14(20)15-12-8-10(17(21)22)3-4-13(12)19/h1-4,6,8-9,19H,5,7H2,(H,15,20). The summed E-state index contributed by atoms with van der Waals surface area (Å²) in [7, 11) is 0. The largest absolute Gasteiger partial charge is 0.506 e. The molecule has 0 saturated heterocycles. The molecule has 1 heterocycles. The predicted molar refractivity (Wildman–Crippen MR) is 77.8 cm³/mol. The number of aldehydes is 1. The number of nitro groups is 1. The number of carbonyl (C=O) groups is 2. The van der Waals surface area contributed by atoms with Crippen molar-refractivity contribution in [2.45, 2.75) is 13.0 Å². The second-order valence-electron chi connectivity index (χ2n) is 4.50. The molecule has 0 bridgehead atoms. The Morgan fingerprint density at radius 1 is 1.41 bits per heavy atom. The van der Waals surface area contributed by atoms with Gasteiger partial charge in [0, 0.05) is 31.3 Å². The highest BCUT2D eigenvalue weighted by molar-refractivity contribution is 5.92. The van der Waals surface area contributed by atoms with Gasteiger partial charge in [-0.25, -0.2) is 0 Å². The molecule has 1 aromatic carbocycles. The zero-order chi connectivity index (χ0) is 16.1. The monoisotopic (exact) mass is 303 g/mol. The van der Waals surface area contributed by atoms with Gasteiger partial charge in [-0.1, -0.05) is 0 Å². The fourth-order valence-corrected chi connectivity index (χ4v) is 1.91. The van der Waals surface area contributed by atoms with Gasteiger partial charge in [-0.05, 0) is 18.2 Å². The van der Waals surface area contributed by atoms with Crippen molar-refractivity contribution in [3.8, 4) is 5.75 Å². The van der Waals surface area contributed by atoms with Gasteiger partial charge in [0.05, 0.1) is 16.3 Å². The molecule has 0 radical (unpaired) electrons. The number of amides is 1. The number of carbonyl (C=O) groups excluding carboxylic acids is 2. The van der Waals surface area contributed by atoms with Gasteiger partial charge in [0.2, 0.25) is 5.91 Å². The van der Waals surface area contributed by atoms with Crippen LogP contribution >= 0.6 is 0 Å². The van der Waals surface area contributed by atoms with E-state index < -0.39 is 10.8 Å². The summed E-state index contributed by atoms with van der Waals surface area (Å²) in [5.41, 5.74) is 0.190. The van der Waals surface area contributed by atoms with Gasteiger partial charge in [0.1, 0.15) is 5.75 Å². The summed E-state index contributed by atoms with van der Waals surface area (Å²) < 4.78 is 1.61. The zero-order valence-electron chi connectivity index (χ0n) is 11.4. The SMILES string of the molecule is O=Cc1cccn1CCC(=O)Nc1cc([N+](=O)[O-])ccc1O. The fourth-order valence-electron chi connectivity index (χ4n) is 1.91. The van der Waals surface area contributed by atoms with Gasteiger partial charge in [-0.2, -0.15) is 0 Å². The number of aromatic hydroxyl groups is 1. The highest BCUT2D eigenvalue weighted by Crippen LogP contribution is 2.27. The average molecular weight is 303 g/mol. The second kappa shape index (κ2) is 6.53. The lowest BCUT2D eigenvalue weighted by Crippen LogP contribution is -2.15. The van der Waals surface area contributed by atoms with Crippen LogP contribution in [0.25, 0.3) is 0 Å². The van der Waals surface area contributed by atoms with E-state index in [1.807, 2.05) is 0 Å². The molecule has 0 unspecified atom stereocenters. The lowest BCUT2D eigenvalue weighted by molar-refractivity contribution is -0.384. The lowest BCUT2D eigenvalue weighted by atomic mass is 10.2. The number of nitro benzene ring substituents is 1. The number of hydrogen-bond acceptors (Lipinski definition) is 5. The average Bonchev–Trinajstić information content (AvgIpc) is 2.94. The third-order valence-electron chi connectivity index (χ3n) is 3.03. The molecule has 2 aromatic rings. The number of non-ortho nitro benzene ring substituents is 1. The van der Waals surface area contributed by atoms with Gasteiger partial charge in [0.25, 0.3) is 5.69 Å². The predicted octanol–water partition coefficient (Wildman–Crippen LogP) is 1.94. The van der Waals surface area contributed by atoms with Crippen LogP contribution < -0.4 is 5.32 Å². The number of aromatic nitrogens is 1. The van der Waals surface area contributed by atoms with Crippen LogP contribution in [0.1, 0.15) is 16.9 Å². The van der Waals surface area contributed by atoms with Gasteiger partial charge < -0.3 is 15.0 Å². The van der Waals surface area contributed by atoms with E-state index in [-0.39, 0.29) is 30.1 Å². The fraction of sp³-hybridized carbons (Fsp3) is 0.143. The van der Waals surface area contributed by atoms with Crippen LogP contribution in [0.2, 0.25) is 0 Å². The molecule has 0 atom stereocenters. The lowest BCUT2D eigenvalue weighted by Gasteiger charge is -2.08. The first kappa shape index (κ1) is 15.2. The van der Waals surface area contributed by atoms with Crippen molar-refractivity contribution in [2.24, 2.45) is 0 Å². The molecule has 2 rings (SSSR count). The summed E-state index contributed by atoms with van der Waals surface area (Å²) in [6.45, 7) is 0.280. The Balaban J connectivity index is 2.01. The number of nitrogens with zero attached hydrogens (tertiary/aromatic N) is 2. The number of phenolic OH excluding ortho intramolecular Hbond substituents is 1. The highest BCUT2D eigenvalue weighted by Gasteiger charge is 2.13. The number of hydrogen-bond donors (Lipinski definition) is 2. The number of phenols is 1. The maximum absolute atomic E-state index is 11.8. The van der Waals surface area contributed by atoms with E-state index in [4.69, 9.17) is 0 Å². The Morgan fingerprint density at radius 2 is 2.18 bits per heavy atom. The van der Waals surface area contributed by atoms with Crippen molar-refractivity contribution in [3.05, 3.63) is 52.3 Å². The smallest absolute Gasteiger partial charge is 0.271 e. The summed E-state index contributed by atoms with van der Waals surface area (Å²) >= 11 is 0. The summed E-state index contributed by atoms with van der Waals surface area (Å²) in [5, 5.41) is 22.7. The molecule has 0 aliphatic heterocycles. The van der Waals surface area contributed by atoms with Crippen LogP contribution in [-0.2, 0) is 11.3 Å². The number of nitrogens with one attached hydrogen (secondary N) is 1. The topological polar surface area (TPSA) is 114 Å². The first-order valence-electron chi connectivity index (χ1n) is 6.39. The van der Waals surface area contributed by atoms with Crippen LogP contribution in [0.5, 0.6) is 5.75 Å². The number of benzene rings is 1. The molecule has 0 fully saturated rings. The molecule has 0 saturated carbocycles. The first-order chi connectivity index (χ1) is 10.5. The molecule has 114 valence electrons. The van der Waals surface area contributed by atoms with Crippen LogP contribution in [0, 0.1) is 10.1 Å². The first-order valence-corrected chi connectivity index (χ1v) is 6.39. The third kappa shape index (κ3) is 3.48. The van der Waals surface area contributed by atoms with E-state index in [0.717, 1.165) is 18.2 Å². The number of aryl methyl sites for hydroxylation is 1. The quantitative estimate of drug-likeness (QED) is 0.366. The molecule has 0 aliphatic carbocycles. The third-order valence-corrected chi connectivity index (χ3v) is 3.03. The van der Waals surface area contributed by atoms with Crippen molar-refractivity contribution < 1.29 is 19.6 Å². The van der Waals surface area contributed by atoms with Gasteiger partial charge in [0.15, 0.2) is 6.29 Å². The highest BCUT2D eigenvalue weighted by atomic mass is 16.6. The van der Waals surface area contributed by atoms with Crippen LogP contribution in [0.4, 0.5) is 11.4 Å². The van der Waals surface area contributed by atoms with E-state index in [0.29, 0.717) is 12.0 Å². The van der Waals surface area contributed by atoms with Crippen LogP contribution in [-0.4, -0.2) is 26.8 Å². The van der Waals surface area contributed by atoms with Crippen molar-refractivity contribution in [1.29, 1.82) is 0 Å². The Kier molecular flexibility index (Phi) is 4.52. The number of rotatable bonds is 6. The van der Waals surface area contributed by atoms with Crippen molar-refractivity contribution >= 4 is 23.6 Å². The van der Waals surface area contributed by atoms with E-state index >= 15 is 0 Å². The number of anilines is 1. The zero-order valence-corrected chi connectivity index (χ0v) is 11.4. The van der Waals surface area contributed by atoms with Crippen molar-refractivity contribution in [3.63, 3.8) is 0 Å². The van der Waals surface area contributed by atoms with Crippen molar-refractivity contribution in [1.82, 2.24) is 4.57 Å². The van der Waals surface area contributed by atoms with Crippen LogP contribution in [0.15, 0.2) is 36.5 Å². The Morgan fingerprint density at radius 3 is 2.86 bits per heavy atom. The molecule has 1 aromatic heterocycles. The Hall–Kier alpha value is -3.16. The minimum atomic E-state index is -0.620. The van der Waals surface area contributed by atoms with Crippen molar-refractivity contribution in [2.75, 3.05) is 5.32 Å². The maximum atomic E-state index is 11.8. The Labute approximate surface area is 125 Å². The molecule has 22 heavy (non-hydrogen) atoms. The van der Waals surface area contributed by atoms with E-state index in [2.05, 4.69) is 5.32 Å². The van der Waals surface area contributed by atoms with Gasteiger partial charge >= 0.3 is 0 Å². The summed E-state index contributed by atoms with van der Waals surface area (Å²) in [5.74, 6) is -0.685. The summed E-state index contributed by atoms with van der Waals surface area (Å²) in [6, 6.07) is 6.68. The molecular formula is C14H13N3O5. The molecular weight excluding hydrogens is 290 g/mol. The summed E-state index contributed by atoms with van der Waals surface area (Å²) in [4.78, 5) is 32.7. The minimum Gasteiger partial charge on any atom is -0.506 e. The Bertz CT molecular complexity index is 723. The second-order valence-corrected chi connectivity index (χ2v) is 4.50. The van der Waals surface area contributed by atoms with E-state index in [1.165, 1.54) is 0 Å². The summed E-state index contributed by atoms with van der Waals surface area (Å²) in [6.07, 6.45) is 2.41. The van der Waals surface area contributed by atoms with E-state index in [9.17, 15) is 24.8 Å². The molecule has 8 heteroatoms. The van der Waals surface area contributed by atoms with Gasteiger partial charge in [-0.15, -0.1) is 0 Å². The molecule has 8 nitrogen and oxygen atoms in total. The van der Waals surface area contributed by atoms with Crippen LogP contribution in [0.3, 0.4) is 0 Å². The van der Waals surface area contributed by atoms with Gasteiger partial charge in [-0.3, -0.25) is 19.7 Å². The normalized spacial score (nSPS) is 10.2. The minimum absolute atomic E-state index is 0.0256. The van der Waals surface area contributed by atoms with E-state index in [1.54, 1.807) is 22.9 Å². The maximum Gasteiger partial charge on any atom is 0.271 e.